The maximum Gasteiger partial charge on any atom is 0.240 e. The third-order valence-corrected chi connectivity index (χ3v) is 8.71. The molecule has 0 saturated carbocycles. The first-order valence-electron chi connectivity index (χ1n) is 13.5. The fourth-order valence-corrected chi connectivity index (χ4v) is 6.66. The van der Waals surface area contributed by atoms with E-state index in [0.717, 1.165) is 35.4 Å². The summed E-state index contributed by atoms with van der Waals surface area (Å²) in [6, 6.07) is 15.3. The predicted molar refractivity (Wildman–Crippen MR) is 159 cm³/mol. The van der Waals surface area contributed by atoms with Crippen molar-refractivity contribution in [1.29, 1.82) is 0 Å². The Morgan fingerprint density at radius 1 is 1.20 bits per heavy atom. The van der Waals surface area contributed by atoms with Crippen LogP contribution >= 0.6 is 23.4 Å². The number of nitrogens with zero attached hydrogens (tertiary/aromatic N) is 3. The summed E-state index contributed by atoms with van der Waals surface area (Å²) in [7, 11) is 1.65. The van der Waals surface area contributed by atoms with E-state index in [9.17, 15) is 9.59 Å². The number of nitrogens with one attached hydrogen (secondary N) is 1. The van der Waals surface area contributed by atoms with Gasteiger partial charge in [0.15, 0.2) is 0 Å². The SMILES string of the molecule is COc1ccccc1[C@@H]1SCC(=O)N(CC(=O)NC[C@@H]2CCCO2)c2c1c(C(C)(C)C)nn2-c1ccccc1Cl. The van der Waals surface area contributed by atoms with Crippen molar-refractivity contribution >= 4 is 41.0 Å². The highest BCUT2D eigenvalue weighted by Gasteiger charge is 2.41. The highest BCUT2D eigenvalue weighted by atomic mass is 35.5. The van der Waals surface area contributed by atoms with Gasteiger partial charge in [-0.1, -0.05) is 62.7 Å². The number of fused-ring (bicyclic) bond motifs is 1. The Kier molecular flexibility index (Phi) is 8.44. The summed E-state index contributed by atoms with van der Waals surface area (Å²) in [5, 5.41) is 8.30. The number of para-hydroxylation sites is 2. The van der Waals surface area contributed by atoms with Gasteiger partial charge in [-0.25, -0.2) is 4.68 Å². The third kappa shape index (κ3) is 5.73. The third-order valence-electron chi connectivity index (χ3n) is 7.15. The lowest BCUT2D eigenvalue weighted by Gasteiger charge is -2.25. The maximum absolute atomic E-state index is 13.8. The van der Waals surface area contributed by atoms with Gasteiger partial charge in [0, 0.05) is 29.7 Å². The van der Waals surface area contributed by atoms with Gasteiger partial charge in [0.25, 0.3) is 0 Å². The molecule has 3 aromatic rings. The highest BCUT2D eigenvalue weighted by molar-refractivity contribution is 8.00. The summed E-state index contributed by atoms with van der Waals surface area (Å²) in [6.45, 7) is 7.29. The summed E-state index contributed by atoms with van der Waals surface area (Å²) in [4.78, 5) is 28.7. The summed E-state index contributed by atoms with van der Waals surface area (Å²) < 4.78 is 13.2. The van der Waals surface area contributed by atoms with Gasteiger partial charge in [-0.3, -0.25) is 14.5 Å². The molecule has 5 rings (SSSR count). The van der Waals surface area contributed by atoms with E-state index in [-0.39, 0.29) is 40.9 Å². The van der Waals surface area contributed by atoms with Crippen LogP contribution in [0.5, 0.6) is 5.75 Å². The van der Waals surface area contributed by atoms with Gasteiger partial charge in [-0.05, 0) is 31.0 Å². The first kappa shape index (κ1) is 28.5. The van der Waals surface area contributed by atoms with Crippen LogP contribution in [0.2, 0.25) is 5.02 Å². The maximum atomic E-state index is 13.8. The number of rotatable bonds is 7. The largest absolute Gasteiger partial charge is 0.496 e. The Bertz CT molecular complexity index is 1400. The molecule has 40 heavy (non-hydrogen) atoms. The average molecular weight is 583 g/mol. The zero-order valence-corrected chi connectivity index (χ0v) is 24.8. The van der Waals surface area contributed by atoms with Crippen LogP contribution < -0.4 is 15.0 Å². The van der Waals surface area contributed by atoms with E-state index in [0.29, 0.717) is 29.7 Å². The van der Waals surface area contributed by atoms with Gasteiger partial charge < -0.3 is 14.8 Å². The molecule has 1 fully saturated rings. The number of carbonyl (C=O) groups is 2. The van der Waals surface area contributed by atoms with Crippen molar-refractivity contribution in [3.05, 3.63) is 70.4 Å². The van der Waals surface area contributed by atoms with Crippen molar-refractivity contribution in [2.75, 3.05) is 37.5 Å². The van der Waals surface area contributed by atoms with Gasteiger partial charge in [0.2, 0.25) is 11.8 Å². The van der Waals surface area contributed by atoms with Crippen molar-refractivity contribution in [3.8, 4) is 11.4 Å². The number of hydrogen-bond acceptors (Lipinski definition) is 6. The molecule has 1 N–H and O–H groups in total. The standard InChI is InChI=1S/C30H35ClN4O4S/c1-30(2,3)28-26-27(20-11-5-8-14-23(20)38-4)40-18-25(37)34(17-24(36)32-16-19-10-9-15-39-19)29(26)35(33-28)22-13-7-6-12-21(22)31/h5-8,11-14,19,27H,9-10,15-18H2,1-4H3,(H,32,36)/t19-,27-/m0/s1. The number of methoxy groups -OCH3 is 1. The first-order chi connectivity index (χ1) is 19.2. The van der Waals surface area contributed by atoms with E-state index < -0.39 is 0 Å². The molecular weight excluding hydrogens is 548 g/mol. The van der Waals surface area contributed by atoms with E-state index in [1.54, 1.807) is 22.8 Å². The molecular formula is C30H35ClN4O4S. The molecule has 0 bridgehead atoms. The number of halogens is 1. The van der Waals surface area contributed by atoms with Crippen LogP contribution in [-0.4, -0.2) is 60.3 Å². The molecule has 0 aliphatic carbocycles. The number of ether oxygens (including phenoxy) is 2. The lowest BCUT2D eigenvalue weighted by Crippen LogP contribution is -2.44. The number of hydrogen-bond donors (Lipinski definition) is 1. The van der Waals surface area contributed by atoms with Crippen LogP contribution in [0, 0.1) is 0 Å². The summed E-state index contributed by atoms with van der Waals surface area (Å²) in [6.07, 6.45) is 1.91. The van der Waals surface area contributed by atoms with Crippen molar-refractivity contribution in [3.63, 3.8) is 0 Å². The summed E-state index contributed by atoms with van der Waals surface area (Å²) in [5.41, 5.74) is 2.90. The van der Waals surface area contributed by atoms with E-state index >= 15 is 0 Å². The number of anilines is 1. The van der Waals surface area contributed by atoms with Crippen LogP contribution in [0.3, 0.4) is 0 Å². The second kappa shape index (κ2) is 11.8. The Morgan fingerprint density at radius 3 is 2.65 bits per heavy atom. The van der Waals surface area contributed by atoms with Crippen molar-refractivity contribution in [2.45, 2.75) is 50.4 Å². The van der Waals surface area contributed by atoms with Crippen molar-refractivity contribution < 1.29 is 19.1 Å². The zero-order chi connectivity index (χ0) is 28.4. The quantitative estimate of drug-likeness (QED) is 0.407. The molecule has 2 amide bonds. The Morgan fingerprint density at radius 2 is 1.95 bits per heavy atom. The molecule has 2 aromatic carbocycles. The number of amides is 2. The Labute approximate surface area is 244 Å². The molecule has 0 unspecified atom stereocenters. The fraction of sp³-hybridized carbons (Fsp3) is 0.433. The summed E-state index contributed by atoms with van der Waals surface area (Å²) in [5.74, 6) is 1.04. The van der Waals surface area contributed by atoms with Crippen LogP contribution in [0.4, 0.5) is 5.82 Å². The van der Waals surface area contributed by atoms with Gasteiger partial charge >= 0.3 is 0 Å². The fourth-order valence-electron chi connectivity index (χ4n) is 5.23. The monoisotopic (exact) mass is 582 g/mol. The van der Waals surface area contributed by atoms with Crippen LogP contribution in [-0.2, 0) is 19.7 Å². The lowest BCUT2D eigenvalue weighted by atomic mass is 9.87. The molecule has 212 valence electrons. The number of thioether (sulfide) groups is 1. The molecule has 8 nitrogen and oxygen atoms in total. The number of benzene rings is 2. The Balaban J connectivity index is 1.68. The number of aromatic nitrogens is 2. The molecule has 0 radical (unpaired) electrons. The zero-order valence-electron chi connectivity index (χ0n) is 23.3. The van der Waals surface area contributed by atoms with Gasteiger partial charge in [-0.2, -0.15) is 5.10 Å². The average Bonchev–Trinajstić information content (AvgIpc) is 3.57. The van der Waals surface area contributed by atoms with E-state index in [4.69, 9.17) is 26.2 Å². The molecule has 0 spiro atoms. The molecule has 1 saturated heterocycles. The predicted octanol–water partition coefficient (Wildman–Crippen LogP) is 5.30. The normalized spacial score (nSPS) is 19.3. The van der Waals surface area contributed by atoms with Crippen LogP contribution in [0.1, 0.15) is 55.7 Å². The topological polar surface area (TPSA) is 85.7 Å². The molecule has 3 heterocycles. The lowest BCUT2D eigenvalue weighted by molar-refractivity contribution is -0.123. The van der Waals surface area contributed by atoms with E-state index in [1.807, 2.05) is 42.5 Å². The van der Waals surface area contributed by atoms with Crippen LogP contribution in [0.15, 0.2) is 48.5 Å². The minimum Gasteiger partial charge on any atom is -0.496 e. The van der Waals surface area contributed by atoms with Gasteiger partial charge in [-0.15, -0.1) is 11.8 Å². The summed E-state index contributed by atoms with van der Waals surface area (Å²) >= 11 is 8.21. The second-order valence-corrected chi connectivity index (χ2v) is 12.6. The minimum atomic E-state index is -0.376. The molecule has 10 heteroatoms. The smallest absolute Gasteiger partial charge is 0.240 e. The van der Waals surface area contributed by atoms with Crippen molar-refractivity contribution in [1.82, 2.24) is 15.1 Å². The molecule has 2 aliphatic heterocycles. The van der Waals surface area contributed by atoms with Crippen molar-refractivity contribution in [2.24, 2.45) is 0 Å². The minimum absolute atomic E-state index is 0.00553. The van der Waals surface area contributed by atoms with Gasteiger partial charge in [0.05, 0.1) is 40.6 Å². The van der Waals surface area contributed by atoms with E-state index in [1.165, 1.54) is 11.8 Å². The Hall–Kier alpha value is -3.01. The molecule has 2 atom stereocenters. The number of carbonyl (C=O) groups excluding carboxylic acids is 2. The highest BCUT2D eigenvalue weighted by Crippen LogP contribution is 2.50. The van der Waals surface area contributed by atoms with Crippen LogP contribution in [0.25, 0.3) is 5.69 Å². The van der Waals surface area contributed by atoms with E-state index in [2.05, 4.69) is 26.1 Å². The molecule has 2 aliphatic rings. The molecule has 1 aromatic heterocycles. The van der Waals surface area contributed by atoms with Gasteiger partial charge in [0.1, 0.15) is 18.1 Å². The first-order valence-corrected chi connectivity index (χ1v) is 14.9. The second-order valence-electron chi connectivity index (χ2n) is 11.1.